The summed E-state index contributed by atoms with van der Waals surface area (Å²) in [6.45, 7) is 7.62. The molecule has 0 radical (unpaired) electrons. The van der Waals surface area contributed by atoms with Crippen LogP contribution in [-0.4, -0.2) is 11.7 Å². The molecular formula is C20H25NO3. The number of carbonyl (C=O) groups excluding carboxylic acids is 2. The van der Waals surface area contributed by atoms with E-state index in [0.717, 1.165) is 12.1 Å². The van der Waals surface area contributed by atoms with E-state index in [1.807, 2.05) is 12.1 Å². The molecule has 128 valence electrons. The van der Waals surface area contributed by atoms with Crippen molar-refractivity contribution in [3.63, 3.8) is 0 Å². The van der Waals surface area contributed by atoms with Crippen LogP contribution in [0.2, 0.25) is 0 Å². The van der Waals surface area contributed by atoms with E-state index in [1.165, 1.54) is 12.5 Å². The second-order valence-electron chi connectivity index (χ2n) is 6.22. The first kappa shape index (κ1) is 18.0. The van der Waals surface area contributed by atoms with Gasteiger partial charge in [-0.1, -0.05) is 26.0 Å². The molecular weight excluding hydrogens is 302 g/mol. The summed E-state index contributed by atoms with van der Waals surface area (Å²) in [5.74, 6) is 1.71. The smallest absolute Gasteiger partial charge is 0.224 e. The summed E-state index contributed by atoms with van der Waals surface area (Å²) >= 11 is 0. The number of hydrogen-bond donors (Lipinski definition) is 1. The van der Waals surface area contributed by atoms with Crippen LogP contribution in [0.4, 0.5) is 5.69 Å². The number of carbonyl (C=O) groups is 2. The van der Waals surface area contributed by atoms with Crippen LogP contribution < -0.4 is 5.32 Å². The first-order valence-corrected chi connectivity index (χ1v) is 8.40. The number of furan rings is 1. The highest BCUT2D eigenvalue weighted by atomic mass is 16.3. The molecule has 0 saturated heterocycles. The highest BCUT2D eigenvalue weighted by molar-refractivity contribution is 5.95. The third kappa shape index (κ3) is 4.57. The molecule has 1 heterocycles. The van der Waals surface area contributed by atoms with Crippen molar-refractivity contribution in [2.24, 2.45) is 0 Å². The van der Waals surface area contributed by atoms with Crippen molar-refractivity contribution < 1.29 is 14.0 Å². The molecule has 0 saturated carbocycles. The number of Topliss-reactive ketones (excluding diaryl/α,β-unsaturated/α-hetero) is 1. The minimum absolute atomic E-state index is 0.0200. The lowest BCUT2D eigenvalue weighted by Gasteiger charge is -2.10. The number of rotatable bonds is 7. The fourth-order valence-electron chi connectivity index (χ4n) is 2.61. The first-order valence-electron chi connectivity index (χ1n) is 8.40. The van der Waals surface area contributed by atoms with E-state index in [-0.39, 0.29) is 11.7 Å². The Kier molecular flexibility index (Phi) is 5.96. The predicted octanol–water partition coefficient (Wildman–Crippen LogP) is 4.88. The first-order chi connectivity index (χ1) is 11.4. The number of nitrogens with one attached hydrogen (secondary N) is 1. The molecule has 1 aromatic heterocycles. The molecule has 1 atom stereocenters. The third-order valence-corrected chi connectivity index (χ3v) is 4.32. The van der Waals surface area contributed by atoms with Gasteiger partial charge in [0.05, 0.1) is 5.56 Å². The zero-order valence-corrected chi connectivity index (χ0v) is 14.8. The van der Waals surface area contributed by atoms with Gasteiger partial charge in [0.25, 0.3) is 0 Å². The fraction of sp³-hybridized carbons (Fsp3) is 0.400. The number of ketones is 1. The summed E-state index contributed by atoms with van der Waals surface area (Å²) in [6, 6.07) is 9.71. The zero-order chi connectivity index (χ0) is 17.7. The van der Waals surface area contributed by atoms with E-state index in [4.69, 9.17) is 4.42 Å². The van der Waals surface area contributed by atoms with Gasteiger partial charge in [-0.25, -0.2) is 0 Å². The number of hydrogen-bond acceptors (Lipinski definition) is 3. The van der Waals surface area contributed by atoms with E-state index >= 15 is 0 Å². The Hall–Kier alpha value is -2.36. The monoisotopic (exact) mass is 327 g/mol. The molecule has 1 N–H and O–H groups in total. The van der Waals surface area contributed by atoms with Gasteiger partial charge in [0.15, 0.2) is 5.78 Å². The molecule has 0 aliphatic rings. The van der Waals surface area contributed by atoms with E-state index in [1.54, 1.807) is 13.0 Å². The highest BCUT2D eigenvalue weighted by Crippen LogP contribution is 2.21. The van der Waals surface area contributed by atoms with Gasteiger partial charge in [-0.2, -0.15) is 0 Å². The van der Waals surface area contributed by atoms with Crippen molar-refractivity contribution in [2.45, 2.75) is 52.9 Å². The molecule has 2 rings (SSSR count). The number of anilines is 1. The van der Waals surface area contributed by atoms with Gasteiger partial charge in [0.1, 0.15) is 11.5 Å². The maximum Gasteiger partial charge on any atom is 0.224 e. The van der Waals surface area contributed by atoms with Crippen LogP contribution in [0.25, 0.3) is 0 Å². The normalized spacial score (nSPS) is 12.0. The maximum atomic E-state index is 12.1. The van der Waals surface area contributed by atoms with Crippen LogP contribution in [0.5, 0.6) is 0 Å². The van der Waals surface area contributed by atoms with Crippen molar-refractivity contribution in [2.75, 3.05) is 5.32 Å². The van der Waals surface area contributed by atoms with Gasteiger partial charge in [0.2, 0.25) is 5.91 Å². The molecule has 0 bridgehead atoms. The second-order valence-corrected chi connectivity index (χ2v) is 6.22. The Balaban J connectivity index is 1.89. The molecule has 4 heteroatoms. The summed E-state index contributed by atoms with van der Waals surface area (Å²) in [5.41, 5.74) is 2.66. The zero-order valence-electron chi connectivity index (χ0n) is 14.8. The summed E-state index contributed by atoms with van der Waals surface area (Å²) in [6.07, 6.45) is 1.89. The molecule has 0 fully saturated rings. The Labute approximate surface area is 143 Å². The lowest BCUT2D eigenvalue weighted by molar-refractivity contribution is -0.116. The van der Waals surface area contributed by atoms with Crippen molar-refractivity contribution in [3.05, 3.63) is 53.0 Å². The van der Waals surface area contributed by atoms with Gasteiger partial charge in [-0.3, -0.25) is 9.59 Å². The average Bonchev–Trinajstić information content (AvgIpc) is 2.94. The second kappa shape index (κ2) is 7.95. The molecule has 1 amide bonds. The van der Waals surface area contributed by atoms with Crippen LogP contribution in [0.15, 0.2) is 34.7 Å². The standard InChI is InChI=1S/C20H25NO3/c1-5-13(2)16-6-8-17(9-7-16)21-20(23)11-10-18-12-19(14(3)22)15(4)24-18/h6-9,12-13H,5,10-11H2,1-4H3,(H,21,23). The SMILES string of the molecule is CCC(C)c1ccc(NC(=O)CCc2cc(C(C)=O)c(C)o2)cc1. The van der Waals surface area contributed by atoms with Crippen molar-refractivity contribution in [1.29, 1.82) is 0 Å². The molecule has 0 aliphatic carbocycles. The van der Waals surface area contributed by atoms with Crippen LogP contribution in [0.1, 0.15) is 67.0 Å². The molecule has 24 heavy (non-hydrogen) atoms. The Bertz CT molecular complexity index is 713. The predicted molar refractivity (Wildman–Crippen MR) is 95.5 cm³/mol. The molecule has 1 unspecified atom stereocenters. The maximum absolute atomic E-state index is 12.1. The Morgan fingerprint density at radius 1 is 1.21 bits per heavy atom. The van der Waals surface area contributed by atoms with E-state index < -0.39 is 0 Å². The quantitative estimate of drug-likeness (QED) is 0.738. The summed E-state index contributed by atoms with van der Waals surface area (Å²) in [4.78, 5) is 23.5. The van der Waals surface area contributed by atoms with Crippen LogP contribution in [0, 0.1) is 6.92 Å². The lowest BCUT2D eigenvalue weighted by atomic mass is 9.99. The minimum atomic E-state index is -0.0651. The fourth-order valence-corrected chi connectivity index (χ4v) is 2.61. The highest BCUT2D eigenvalue weighted by Gasteiger charge is 2.12. The number of amides is 1. The van der Waals surface area contributed by atoms with E-state index in [2.05, 4.69) is 31.3 Å². The van der Waals surface area contributed by atoms with Crippen LogP contribution in [0.3, 0.4) is 0 Å². The summed E-state index contributed by atoms with van der Waals surface area (Å²) < 4.78 is 5.53. The Morgan fingerprint density at radius 3 is 2.42 bits per heavy atom. The minimum Gasteiger partial charge on any atom is -0.466 e. The summed E-state index contributed by atoms with van der Waals surface area (Å²) in [5, 5.41) is 2.89. The molecule has 0 aliphatic heterocycles. The van der Waals surface area contributed by atoms with Gasteiger partial charge >= 0.3 is 0 Å². The molecule has 4 nitrogen and oxygen atoms in total. The van der Waals surface area contributed by atoms with Gasteiger partial charge < -0.3 is 9.73 Å². The van der Waals surface area contributed by atoms with E-state index in [9.17, 15) is 9.59 Å². The van der Waals surface area contributed by atoms with Crippen LogP contribution in [-0.2, 0) is 11.2 Å². The number of benzene rings is 1. The van der Waals surface area contributed by atoms with Crippen LogP contribution >= 0.6 is 0 Å². The third-order valence-electron chi connectivity index (χ3n) is 4.32. The van der Waals surface area contributed by atoms with Gasteiger partial charge in [-0.15, -0.1) is 0 Å². The van der Waals surface area contributed by atoms with Gasteiger partial charge in [-0.05, 0) is 49.9 Å². The Morgan fingerprint density at radius 2 is 1.88 bits per heavy atom. The molecule has 2 aromatic rings. The molecule has 0 spiro atoms. The largest absolute Gasteiger partial charge is 0.466 e. The van der Waals surface area contributed by atoms with Gasteiger partial charge in [0, 0.05) is 18.5 Å². The lowest BCUT2D eigenvalue weighted by Crippen LogP contribution is -2.12. The average molecular weight is 327 g/mol. The van der Waals surface area contributed by atoms with E-state index in [0.29, 0.717) is 35.8 Å². The molecule has 1 aromatic carbocycles. The summed E-state index contributed by atoms with van der Waals surface area (Å²) in [7, 11) is 0. The number of aryl methyl sites for hydroxylation is 2. The van der Waals surface area contributed by atoms with Crippen molar-refractivity contribution >= 4 is 17.4 Å². The van der Waals surface area contributed by atoms with Crippen molar-refractivity contribution in [1.82, 2.24) is 0 Å². The topological polar surface area (TPSA) is 59.3 Å². The van der Waals surface area contributed by atoms with Crippen molar-refractivity contribution in [3.8, 4) is 0 Å².